The number of nitrogens with zero attached hydrogens (tertiary/aromatic N) is 2. The van der Waals surface area contributed by atoms with Crippen LogP contribution in [0.2, 0.25) is 0 Å². The molecule has 0 bridgehead atoms. The second-order valence-electron chi connectivity index (χ2n) is 6.73. The van der Waals surface area contributed by atoms with Gasteiger partial charge in [0.05, 0.1) is 11.4 Å². The second kappa shape index (κ2) is 9.07. The van der Waals surface area contributed by atoms with E-state index in [0.29, 0.717) is 0 Å². The highest BCUT2D eigenvalue weighted by Crippen LogP contribution is 2.25. The molecule has 0 aliphatic carbocycles. The molecule has 0 fully saturated rings. The minimum Gasteiger partial charge on any atom is -0.310 e. The zero-order valence-electron chi connectivity index (χ0n) is 15.7. The highest BCUT2D eigenvalue weighted by Gasteiger charge is 2.16. The molecule has 0 spiro atoms. The van der Waals surface area contributed by atoms with E-state index in [9.17, 15) is 0 Å². The van der Waals surface area contributed by atoms with Crippen molar-refractivity contribution in [1.29, 1.82) is 0 Å². The number of hydrogen-bond donors (Lipinski definition) is 1. The minimum atomic E-state index is 0.175. The molecule has 0 aliphatic rings. The molecular formula is C25H23N3. The predicted octanol–water partition coefficient (Wildman–Crippen LogP) is 5.07. The molecule has 0 aliphatic heterocycles. The summed E-state index contributed by atoms with van der Waals surface area (Å²) in [4.78, 5) is 9.39. The van der Waals surface area contributed by atoms with Crippen LogP contribution in [-0.4, -0.2) is 16.5 Å². The van der Waals surface area contributed by atoms with Gasteiger partial charge in [-0.1, -0.05) is 72.8 Å². The molecule has 0 saturated carbocycles. The standard InChI is InChI=1S/C25H23N3/c1-3-10-20(11-4-1)23(19-26-18-22-14-7-8-17-27-22)25-16-9-15-24(28-25)21-12-5-2-6-13-21/h1-17,23,26H,18-19H2. The van der Waals surface area contributed by atoms with Gasteiger partial charge in [0, 0.05) is 36.5 Å². The molecule has 28 heavy (non-hydrogen) atoms. The molecule has 1 atom stereocenters. The van der Waals surface area contributed by atoms with Crippen molar-refractivity contribution in [3.05, 3.63) is 120 Å². The lowest BCUT2D eigenvalue weighted by atomic mass is 9.94. The van der Waals surface area contributed by atoms with Gasteiger partial charge in [-0.25, -0.2) is 0 Å². The van der Waals surface area contributed by atoms with E-state index in [2.05, 4.69) is 71.0 Å². The highest BCUT2D eigenvalue weighted by molar-refractivity contribution is 5.59. The van der Waals surface area contributed by atoms with E-state index in [4.69, 9.17) is 4.98 Å². The molecule has 0 radical (unpaired) electrons. The quantitative estimate of drug-likeness (QED) is 0.497. The predicted molar refractivity (Wildman–Crippen MR) is 114 cm³/mol. The lowest BCUT2D eigenvalue weighted by molar-refractivity contribution is 0.619. The molecule has 4 rings (SSSR count). The van der Waals surface area contributed by atoms with E-state index >= 15 is 0 Å². The normalized spacial score (nSPS) is 11.9. The van der Waals surface area contributed by atoms with Crippen LogP contribution < -0.4 is 5.32 Å². The molecule has 1 N–H and O–H groups in total. The van der Waals surface area contributed by atoms with Crippen molar-refractivity contribution in [2.45, 2.75) is 12.5 Å². The zero-order chi connectivity index (χ0) is 19.0. The number of aromatic nitrogens is 2. The Kier molecular flexibility index (Phi) is 5.86. The van der Waals surface area contributed by atoms with Crippen LogP contribution in [0.5, 0.6) is 0 Å². The summed E-state index contributed by atoms with van der Waals surface area (Å²) in [6.07, 6.45) is 1.83. The van der Waals surface area contributed by atoms with Gasteiger partial charge in [-0.15, -0.1) is 0 Å². The summed E-state index contributed by atoms with van der Waals surface area (Å²) in [6.45, 7) is 1.54. The minimum absolute atomic E-state index is 0.175. The Labute approximate surface area is 166 Å². The maximum atomic E-state index is 4.99. The molecule has 2 heterocycles. The Hall–Kier alpha value is -3.30. The molecular weight excluding hydrogens is 342 g/mol. The highest BCUT2D eigenvalue weighted by atomic mass is 14.9. The van der Waals surface area contributed by atoms with Gasteiger partial charge in [0.25, 0.3) is 0 Å². The Morgan fingerprint density at radius 2 is 1.46 bits per heavy atom. The second-order valence-corrected chi connectivity index (χ2v) is 6.73. The van der Waals surface area contributed by atoms with Gasteiger partial charge >= 0.3 is 0 Å². The maximum Gasteiger partial charge on any atom is 0.0705 e. The first-order valence-electron chi connectivity index (χ1n) is 9.58. The third-order valence-corrected chi connectivity index (χ3v) is 4.78. The van der Waals surface area contributed by atoms with E-state index in [1.807, 2.05) is 42.6 Å². The first-order valence-corrected chi connectivity index (χ1v) is 9.58. The lowest BCUT2D eigenvalue weighted by Crippen LogP contribution is -2.23. The van der Waals surface area contributed by atoms with Gasteiger partial charge in [-0.2, -0.15) is 0 Å². The topological polar surface area (TPSA) is 37.8 Å². The molecule has 138 valence electrons. The number of hydrogen-bond acceptors (Lipinski definition) is 3. The lowest BCUT2D eigenvalue weighted by Gasteiger charge is -2.19. The molecule has 1 unspecified atom stereocenters. The molecule has 3 nitrogen and oxygen atoms in total. The third kappa shape index (κ3) is 4.51. The van der Waals surface area contributed by atoms with Gasteiger partial charge < -0.3 is 5.32 Å². The molecule has 3 heteroatoms. The zero-order valence-corrected chi connectivity index (χ0v) is 15.7. The van der Waals surface area contributed by atoms with Gasteiger partial charge in [-0.05, 0) is 29.8 Å². The van der Waals surface area contributed by atoms with Crippen LogP contribution in [0, 0.1) is 0 Å². The molecule has 0 amide bonds. The molecule has 4 aromatic rings. The van der Waals surface area contributed by atoms with Crippen molar-refractivity contribution in [2.24, 2.45) is 0 Å². The monoisotopic (exact) mass is 365 g/mol. The summed E-state index contributed by atoms with van der Waals surface area (Å²) in [5, 5.41) is 3.56. The van der Waals surface area contributed by atoms with E-state index in [1.165, 1.54) is 5.56 Å². The van der Waals surface area contributed by atoms with Crippen LogP contribution in [0.4, 0.5) is 0 Å². The fraction of sp³-hybridized carbons (Fsp3) is 0.120. The fourth-order valence-electron chi connectivity index (χ4n) is 3.34. The van der Waals surface area contributed by atoms with Crippen LogP contribution in [0.25, 0.3) is 11.3 Å². The number of pyridine rings is 2. The van der Waals surface area contributed by atoms with Crippen LogP contribution in [-0.2, 0) is 6.54 Å². The number of rotatable bonds is 7. The Balaban J connectivity index is 1.59. The number of nitrogens with one attached hydrogen (secondary N) is 1. The van der Waals surface area contributed by atoms with E-state index in [0.717, 1.165) is 35.7 Å². The van der Waals surface area contributed by atoms with Gasteiger partial charge in [-0.3, -0.25) is 9.97 Å². The Bertz CT molecular complexity index is 986. The fourth-order valence-corrected chi connectivity index (χ4v) is 3.34. The van der Waals surface area contributed by atoms with Gasteiger partial charge in [0.2, 0.25) is 0 Å². The maximum absolute atomic E-state index is 4.99. The van der Waals surface area contributed by atoms with E-state index in [1.54, 1.807) is 0 Å². The van der Waals surface area contributed by atoms with Crippen molar-refractivity contribution in [2.75, 3.05) is 6.54 Å². The van der Waals surface area contributed by atoms with Crippen molar-refractivity contribution in [3.63, 3.8) is 0 Å². The molecule has 0 saturated heterocycles. The van der Waals surface area contributed by atoms with Crippen molar-refractivity contribution in [3.8, 4) is 11.3 Å². The SMILES string of the molecule is c1ccc(-c2cccc(C(CNCc3ccccn3)c3ccccc3)n2)cc1. The first-order chi connectivity index (χ1) is 13.9. The van der Waals surface area contributed by atoms with Crippen LogP contribution >= 0.6 is 0 Å². The van der Waals surface area contributed by atoms with Crippen molar-refractivity contribution in [1.82, 2.24) is 15.3 Å². The van der Waals surface area contributed by atoms with Crippen molar-refractivity contribution >= 4 is 0 Å². The largest absolute Gasteiger partial charge is 0.310 e. The van der Waals surface area contributed by atoms with E-state index in [-0.39, 0.29) is 5.92 Å². The summed E-state index contributed by atoms with van der Waals surface area (Å²) in [5.41, 5.74) is 5.51. The smallest absolute Gasteiger partial charge is 0.0705 e. The summed E-state index contributed by atoms with van der Waals surface area (Å²) < 4.78 is 0. The van der Waals surface area contributed by atoms with Crippen LogP contribution in [0.15, 0.2) is 103 Å². The average Bonchev–Trinajstić information content (AvgIpc) is 2.79. The Morgan fingerprint density at radius 1 is 0.714 bits per heavy atom. The van der Waals surface area contributed by atoms with Gasteiger partial charge in [0.15, 0.2) is 0 Å². The Morgan fingerprint density at radius 3 is 2.21 bits per heavy atom. The molecule has 2 aromatic heterocycles. The van der Waals surface area contributed by atoms with Crippen LogP contribution in [0.3, 0.4) is 0 Å². The van der Waals surface area contributed by atoms with Crippen LogP contribution in [0.1, 0.15) is 22.9 Å². The molecule has 2 aromatic carbocycles. The summed E-state index contributed by atoms with van der Waals surface area (Å²) in [6, 6.07) is 33.2. The summed E-state index contributed by atoms with van der Waals surface area (Å²) in [7, 11) is 0. The first kappa shape index (κ1) is 18.1. The summed E-state index contributed by atoms with van der Waals surface area (Å²) in [5.74, 6) is 0.175. The van der Waals surface area contributed by atoms with E-state index < -0.39 is 0 Å². The van der Waals surface area contributed by atoms with Gasteiger partial charge in [0.1, 0.15) is 0 Å². The number of benzene rings is 2. The third-order valence-electron chi connectivity index (χ3n) is 4.78. The average molecular weight is 365 g/mol. The van der Waals surface area contributed by atoms with Crippen molar-refractivity contribution < 1.29 is 0 Å². The summed E-state index contributed by atoms with van der Waals surface area (Å²) >= 11 is 0.